The average molecular weight is 392 g/mol. The van der Waals surface area contributed by atoms with E-state index in [2.05, 4.69) is 23.0 Å². The van der Waals surface area contributed by atoms with Crippen LogP contribution in [0, 0.1) is 11.8 Å². The molecule has 6 heteroatoms. The third-order valence-corrected chi connectivity index (χ3v) is 7.45. The fraction of sp³-hybridized carbons (Fsp3) is 0.667. The molecule has 2 saturated carbocycles. The molecule has 27 heavy (non-hydrogen) atoms. The van der Waals surface area contributed by atoms with Crippen LogP contribution in [0.5, 0.6) is 0 Å². The van der Waals surface area contributed by atoms with Crippen molar-refractivity contribution in [3.63, 3.8) is 0 Å². The summed E-state index contributed by atoms with van der Waals surface area (Å²) in [5.74, 6) is 1.13. The summed E-state index contributed by atoms with van der Waals surface area (Å²) in [7, 11) is -3.32. The highest BCUT2D eigenvalue weighted by Gasteiger charge is 2.33. The molecule has 0 aromatic carbocycles. The van der Waals surface area contributed by atoms with Crippen LogP contribution in [-0.4, -0.2) is 41.7 Å². The lowest BCUT2D eigenvalue weighted by Gasteiger charge is -2.25. The summed E-state index contributed by atoms with van der Waals surface area (Å²) in [5, 5.41) is 0.284. The Bertz CT molecular complexity index is 733. The summed E-state index contributed by atoms with van der Waals surface area (Å²) >= 11 is 0. The van der Waals surface area contributed by atoms with Gasteiger partial charge in [0.05, 0.1) is 17.6 Å². The van der Waals surface area contributed by atoms with E-state index in [4.69, 9.17) is 0 Å². The van der Waals surface area contributed by atoms with Crippen molar-refractivity contribution in [3.8, 4) is 0 Å². The van der Waals surface area contributed by atoms with Gasteiger partial charge in [-0.15, -0.1) is 13.2 Å². The zero-order valence-corrected chi connectivity index (χ0v) is 17.2. The van der Waals surface area contributed by atoms with E-state index in [-0.39, 0.29) is 10.9 Å². The average Bonchev–Trinajstić information content (AvgIpc) is 3.35. The number of aromatic nitrogens is 2. The molecule has 1 aromatic heterocycles. The van der Waals surface area contributed by atoms with Crippen LogP contribution >= 0.6 is 0 Å². The predicted octanol–water partition coefficient (Wildman–Crippen LogP) is 3.82. The van der Waals surface area contributed by atoms with Gasteiger partial charge in [-0.05, 0) is 37.5 Å². The molecule has 2 aliphatic carbocycles. The van der Waals surface area contributed by atoms with E-state index in [1.165, 1.54) is 32.1 Å². The van der Waals surface area contributed by atoms with Gasteiger partial charge < -0.3 is 4.57 Å². The van der Waals surface area contributed by atoms with Crippen LogP contribution < -0.4 is 0 Å². The molecule has 0 saturated heterocycles. The summed E-state index contributed by atoms with van der Waals surface area (Å²) < 4.78 is 27.9. The van der Waals surface area contributed by atoms with Gasteiger partial charge in [0, 0.05) is 26.2 Å². The molecule has 1 aromatic rings. The van der Waals surface area contributed by atoms with Gasteiger partial charge in [-0.2, -0.15) is 0 Å². The Morgan fingerprint density at radius 3 is 2.33 bits per heavy atom. The molecule has 0 radical (unpaired) electrons. The fourth-order valence-electron chi connectivity index (χ4n) is 4.06. The van der Waals surface area contributed by atoms with Gasteiger partial charge in [-0.3, -0.25) is 4.90 Å². The van der Waals surface area contributed by atoms with E-state index in [0.29, 0.717) is 18.4 Å². The van der Waals surface area contributed by atoms with Crippen molar-refractivity contribution < 1.29 is 8.42 Å². The molecular weight excluding hydrogens is 358 g/mol. The highest BCUT2D eigenvalue weighted by atomic mass is 32.2. The van der Waals surface area contributed by atoms with E-state index in [9.17, 15) is 8.42 Å². The lowest BCUT2D eigenvalue weighted by molar-refractivity contribution is 0.285. The maximum Gasteiger partial charge on any atom is 0.227 e. The summed E-state index contributed by atoms with van der Waals surface area (Å²) in [6, 6.07) is 0. The van der Waals surface area contributed by atoms with Crippen molar-refractivity contribution >= 4 is 9.84 Å². The smallest absolute Gasteiger partial charge is 0.227 e. The van der Waals surface area contributed by atoms with E-state index in [1.807, 2.05) is 16.7 Å². The Hall–Kier alpha value is -1.40. The zero-order valence-electron chi connectivity index (χ0n) is 16.4. The maximum absolute atomic E-state index is 13.0. The van der Waals surface area contributed by atoms with Crippen LogP contribution in [0.4, 0.5) is 0 Å². The van der Waals surface area contributed by atoms with Gasteiger partial charge in [-0.1, -0.05) is 31.4 Å². The molecule has 2 fully saturated rings. The van der Waals surface area contributed by atoms with E-state index in [0.717, 1.165) is 38.2 Å². The first-order chi connectivity index (χ1) is 13.0. The van der Waals surface area contributed by atoms with E-state index < -0.39 is 9.84 Å². The van der Waals surface area contributed by atoms with Gasteiger partial charge in [-0.25, -0.2) is 13.4 Å². The number of hydrogen-bond donors (Lipinski definition) is 0. The van der Waals surface area contributed by atoms with Crippen molar-refractivity contribution in [2.75, 3.05) is 18.8 Å². The molecule has 0 aliphatic heterocycles. The molecule has 0 spiro atoms. The second kappa shape index (κ2) is 9.20. The Balaban J connectivity index is 1.86. The second-order valence-corrected chi connectivity index (χ2v) is 10.1. The second-order valence-electron chi connectivity index (χ2n) is 8.14. The highest BCUT2D eigenvalue weighted by molar-refractivity contribution is 7.91. The van der Waals surface area contributed by atoms with E-state index in [1.54, 1.807) is 6.20 Å². The summed E-state index contributed by atoms with van der Waals surface area (Å²) in [6.07, 6.45) is 13.7. The molecule has 1 heterocycles. The van der Waals surface area contributed by atoms with E-state index >= 15 is 0 Å². The minimum absolute atomic E-state index is 0.247. The molecule has 0 atom stereocenters. The van der Waals surface area contributed by atoms with Crippen molar-refractivity contribution in [3.05, 3.63) is 37.2 Å². The van der Waals surface area contributed by atoms with Crippen LogP contribution in [0.15, 0.2) is 36.7 Å². The number of sulfone groups is 1. The molecule has 0 amide bonds. The van der Waals surface area contributed by atoms with Crippen molar-refractivity contribution in [1.82, 2.24) is 14.5 Å². The molecule has 0 bridgehead atoms. The number of rotatable bonds is 11. The van der Waals surface area contributed by atoms with Crippen LogP contribution in [0.1, 0.15) is 50.6 Å². The Labute approximate surface area is 164 Å². The summed E-state index contributed by atoms with van der Waals surface area (Å²) in [5.41, 5.74) is 0.985. The van der Waals surface area contributed by atoms with Crippen LogP contribution in [-0.2, 0) is 22.9 Å². The number of nitrogens with zero attached hydrogens (tertiary/aromatic N) is 3. The topological polar surface area (TPSA) is 55.2 Å². The highest BCUT2D eigenvalue weighted by Crippen LogP contribution is 2.33. The van der Waals surface area contributed by atoms with Crippen LogP contribution in [0.3, 0.4) is 0 Å². The molecule has 5 nitrogen and oxygen atoms in total. The van der Waals surface area contributed by atoms with Gasteiger partial charge in [0.1, 0.15) is 0 Å². The van der Waals surface area contributed by atoms with Gasteiger partial charge in [0.25, 0.3) is 0 Å². The van der Waals surface area contributed by atoms with Crippen molar-refractivity contribution in [1.29, 1.82) is 0 Å². The Morgan fingerprint density at radius 1 is 1.07 bits per heavy atom. The monoisotopic (exact) mass is 391 g/mol. The van der Waals surface area contributed by atoms with Crippen LogP contribution in [0.2, 0.25) is 0 Å². The predicted molar refractivity (Wildman–Crippen MR) is 109 cm³/mol. The Morgan fingerprint density at radius 2 is 1.74 bits per heavy atom. The van der Waals surface area contributed by atoms with Crippen LogP contribution in [0.25, 0.3) is 0 Å². The maximum atomic E-state index is 13.0. The van der Waals surface area contributed by atoms with Crippen molar-refractivity contribution in [2.45, 2.75) is 63.2 Å². The fourth-order valence-corrected chi connectivity index (χ4v) is 5.90. The summed E-state index contributed by atoms with van der Waals surface area (Å²) in [4.78, 5) is 6.60. The van der Waals surface area contributed by atoms with Gasteiger partial charge >= 0.3 is 0 Å². The largest absolute Gasteiger partial charge is 0.317 e. The minimum atomic E-state index is -3.32. The third kappa shape index (κ3) is 5.55. The molecule has 0 unspecified atom stereocenters. The SMILES string of the molecule is C=CCN(CC=C)Cc1cnc(S(=O)(=O)CC2CC2)n1CC1CCCCC1. The lowest BCUT2D eigenvalue weighted by atomic mass is 9.89. The molecule has 2 aliphatic rings. The first kappa shape index (κ1) is 20.3. The lowest BCUT2D eigenvalue weighted by Crippen LogP contribution is -2.27. The molecular formula is C21H33N3O2S. The third-order valence-electron chi connectivity index (χ3n) is 5.66. The number of imidazole rings is 1. The van der Waals surface area contributed by atoms with Gasteiger partial charge in [0.2, 0.25) is 15.0 Å². The normalized spacial score (nSPS) is 18.7. The standard InChI is InChI=1S/C21H33N3O2S/c1-3-12-23(13-4-2)16-20-14-22-21(27(25,26)17-19-10-11-19)24(20)15-18-8-6-5-7-9-18/h3-4,14,18-19H,1-2,5-13,15-17H2. The first-order valence-electron chi connectivity index (χ1n) is 10.2. The molecule has 0 N–H and O–H groups in total. The van der Waals surface area contributed by atoms with Gasteiger partial charge in [0.15, 0.2) is 0 Å². The summed E-state index contributed by atoms with van der Waals surface area (Å²) in [6.45, 7) is 10.6. The number of hydrogen-bond acceptors (Lipinski definition) is 4. The Kier molecular flexibility index (Phi) is 6.93. The quantitative estimate of drug-likeness (QED) is 0.538. The minimum Gasteiger partial charge on any atom is -0.317 e. The first-order valence-corrected chi connectivity index (χ1v) is 11.9. The van der Waals surface area contributed by atoms with Crippen molar-refractivity contribution in [2.24, 2.45) is 11.8 Å². The molecule has 150 valence electrons. The molecule has 3 rings (SSSR count). The zero-order chi connectivity index (χ0) is 19.3.